The highest BCUT2D eigenvalue weighted by molar-refractivity contribution is 7.15. The van der Waals surface area contributed by atoms with Crippen molar-refractivity contribution in [1.29, 1.82) is 0 Å². The molecule has 0 spiro atoms. The van der Waals surface area contributed by atoms with E-state index in [2.05, 4.69) is 22.4 Å². The predicted octanol–water partition coefficient (Wildman–Crippen LogP) is 3.84. The zero-order valence-corrected chi connectivity index (χ0v) is 14.6. The lowest BCUT2D eigenvalue weighted by molar-refractivity contribution is 0.174. The maximum absolute atomic E-state index is 5.40. The van der Waals surface area contributed by atoms with Gasteiger partial charge in [-0.25, -0.2) is 4.98 Å². The smallest absolute Gasteiger partial charge is 0.231 e. The lowest BCUT2D eigenvalue weighted by atomic mass is 10.2. The Morgan fingerprint density at radius 3 is 2.76 bits per heavy atom. The molecule has 0 aliphatic carbocycles. The summed E-state index contributed by atoms with van der Waals surface area (Å²) in [7, 11) is 1.67. The first-order chi connectivity index (χ1) is 12.3. The van der Waals surface area contributed by atoms with Crippen molar-refractivity contribution >= 4 is 11.3 Å². The first-order valence-corrected chi connectivity index (χ1v) is 8.82. The van der Waals surface area contributed by atoms with Crippen LogP contribution in [0.1, 0.15) is 10.6 Å². The van der Waals surface area contributed by atoms with Crippen molar-refractivity contribution < 1.29 is 14.2 Å². The maximum atomic E-state index is 5.40. The topological polar surface area (TPSA) is 52.6 Å². The van der Waals surface area contributed by atoms with E-state index in [9.17, 15) is 0 Å². The van der Waals surface area contributed by atoms with Crippen molar-refractivity contribution in [1.82, 2.24) is 10.3 Å². The highest BCUT2D eigenvalue weighted by atomic mass is 32.1. The van der Waals surface area contributed by atoms with Gasteiger partial charge in [-0.2, -0.15) is 0 Å². The molecule has 4 rings (SSSR count). The number of hydrogen-bond donors (Lipinski definition) is 1. The molecule has 128 valence electrons. The molecule has 0 saturated carbocycles. The van der Waals surface area contributed by atoms with Crippen LogP contribution in [0.3, 0.4) is 0 Å². The van der Waals surface area contributed by atoms with E-state index in [-0.39, 0.29) is 0 Å². The summed E-state index contributed by atoms with van der Waals surface area (Å²) in [6.07, 6.45) is 1.92. The molecule has 1 aliphatic rings. The van der Waals surface area contributed by atoms with E-state index in [0.29, 0.717) is 6.79 Å². The molecule has 0 amide bonds. The molecular formula is C19H18N2O3S. The zero-order valence-electron chi connectivity index (χ0n) is 13.8. The Hall–Kier alpha value is -2.57. The van der Waals surface area contributed by atoms with E-state index in [1.807, 2.05) is 36.5 Å². The van der Waals surface area contributed by atoms with E-state index in [1.54, 1.807) is 18.4 Å². The second-order valence-electron chi connectivity index (χ2n) is 5.64. The Morgan fingerprint density at radius 1 is 1.08 bits per heavy atom. The van der Waals surface area contributed by atoms with Crippen LogP contribution in [0.25, 0.3) is 10.4 Å². The molecular weight excluding hydrogens is 336 g/mol. The van der Waals surface area contributed by atoms with Crippen molar-refractivity contribution in [2.45, 2.75) is 13.1 Å². The van der Waals surface area contributed by atoms with Crippen LogP contribution in [0.15, 0.2) is 48.7 Å². The lowest BCUT2D eigenvalue weighted by Gasteiger charge is -2.04. The molecule has 1 aliphatic heterocycles. The van der Waals surface area contributed by atoms with Crippen LogP contribution in [0.2, 0.25) is 0 Å². The van der Waals surface area contributed by atoms with Gasteiger partial charge in [-0.05, 0) is 47.5 Å². The average Bonchev–Trinajstić information content (AvgIpc) is 3.31. The summed E-state index contributed by atoms with van der Waals surface area (Å²) in [6.45, 7) is 1.79. The van der Waals surface area contributed by atoms with E-state index in [4.69, 9.17) is 14.2 Å². The quantitative estimate of drug-likeness (QED) is 0.729. The second-order valence-corrected chi connectivity index (χ2v) is 6.75. The summed E-state index contributed by atoms with van der Waals surface area (Å²) in [6, 6.07) is 14.0. The Labute approximate surface area is 150 Å². The molecule has 2 heterocycles. The Balaban J connectivity index is 1.35. The Bertz CT molecular complexity index is 861. The normalized spacial score (nSPS) is 12.4. The minimum atomic E-state index is 0.305. The summed E-state index contributed by atoms with van der Waals surface area (Å²) < 4.78 is 15.9. The van der Waals surface area contributed by atoms with Crippen LogP contribution in [0.5, 0.6) is 17.2 Å². The van der Waals surface area contributed by atoms with Gasteiger partial charge in [0.2, 0.25) is 6.79 Å². The van der Waals surface area contributed by atoms with Gasteiger partial charge in [-0.1, -0.05) is 6.07 Å². The SMILES string of the molecule is COc1ccc(-c2cnc(CNCc3ccc4c(c3)OCO4)s2)cc1. The predicted molar refractivity (Wildman–Crippen MR) is 97.2 cm³/mol. The largest absolute Gasteiger partial charge is 0.497 e. The van der Waals surface area contributed by atoms with Crippen LogP contribution in [0, 0.1) is 0 Å². The zero-order chi connectivity index (χ0) is 17.1. The first-order valence-electron chi connectivity index (χ1n) is 8.00. The highest BCUT2D eigenvalue weighted by Gasteiger charge is 2.13. The van der Waals surface area contributed by atoms with Crippen molar-refractivity contribution in [2.24, 2.45) is 0 Å². The van der Waals surface area contributed by atoms with Crippen LogP contribution in [0.4, 0.5) is 0 Å². The number of rotatable bonds is 6. The molecule has 0 unspecified atom stereocenters. The fourth-order valence-electron chi connectivity index (χ4n) is 2.65. The number of fused-ring (bicyclic) bond motifs is 1. The molecule has 6 heteroatoms. The third-order valence-corrected chi connectivity index (χ3v) is 5.02. The van der Waals surface area contributed by atoms with E-state index < -0.39 is 0 Å². The summed E-state index contributed by atoms with van der Waals surface area (Å²) in [5, 5.41) is 4.49. The standard InChI is InChI=1S/C19H18N2O3S/c1-22-15-5-3-14(4-6-15)18-10-21-19(25-18)11-20-9-13-2-7-16-17(8-13)24-12-23-16/h2-8,10,20H,9,11-12H2,1H3. The number of nitrogens with zero attached hydrogens (tertiary/aromatic N) is 1. The van der Waals surface area contributed by atoms with Gasteiger partial charge in [0.1, 0.15) is 10.8 Å². The van der Waals surface area contributed by atoms with Crippen LogP contribution < -0.4 is 19.5 Å². The molecule has 2 aromatic carbocycles. The average molecular weight is 354 g/mol. The van der Waals surface area contributed by atoms with Gasteiger partial charge >= 0.3 is 0 Å². The molecule has 1 aromatic heterocycles. The summed E-state index contributed by atoms with van der Waals surface area (Å²) >= 11 is 1.70. The van der Waals surface area contributed by atoms with Crippen LogP contribution >= 0.6 is 11.3 Å². The van der Waals surface area contributed by atoms with Gasteiger partial charge in [0.15, 0.2) is 11.5 Å². The summed E-state index contributed by atoms with van der Waals surface area (Å²) in [5.41, 5.74) is 2.32. The minimum absolute atomic E-state index is 0.305. The third-order valence-electron chi connectivity index (χ3n) is 3.97. The minimum Gasteiger partial charge on any atom is -0.497 e. The number of hydrogen-bond acceptors (Lipinski definition) is 6. The number of methoxy groups -OCH3 is 1. The van der Waals surface area contributed by atoms with Crippen molar-refractivity contribution in [3.05, 3.63) is 59.2 Å². The molecule has 0 radical (unpaired) electrons. The highest BCUT2D eigenvalue weighted by Crippen LogP contribution is 2.32. The molecule has 0 bridgehead atoms. The molecule has 25 heavy (non-hydrogen) atoms. The van der Waals surface area contributed by atoms with Gasteiger partial charge in [-0.15, -0.1) is 11.3 Å². The lowest BCUT2D eigenvalue weighted by Crippen LogP contribution is -2.12. The van der Waals surface area contributed by atoms with Crippen LogP contribution in [-0.4, -0.2) is 18.9 Å². The van der Waals surface area contributed by atoms with Crippen molar-refractivity contribution in [2.75, 3.05) is 13.9 Å². The molecule has 0 fully saturated rings. The van der Waals surface area contributed by atoms with Crippen LogP contribution in [-0.2, 0) is 13.1 Å². The fraction of sp³-hybridized carbons (Fsp3) is 0.211. The van der Waals surface area contributed by atoms with E-state index in [0.717, 1.165) is 51.3 Å². The molecule has 0 atom stereocenters. The van der Waals surface area contributed by atoms with E-state index in [1.165, 1.54) is 0 Å². The monoisotopic (exact) mass is 354 g/mol. The maximum Gasteiger partial charge on any atom is 0.231 e. The van der Waals surface area contributed by atoms with Gasteiger partial charge in [0, 0.05) is 19.3 Å². The second kappa shape index (κ2) is 7.13. The number of ether oxygens (including phenoxy) is 3. The Kier molecular flexibility index (Phi) is 4.54. The fourth-order valence-corrected chi connectivity index (χ4v) is 3.54. The van der Waals surface area contributed by atoms with Gasteiger partial charge < -0.3 is 19.5 Å². The molecule has 5 nitrogen and oxygen atoms in total. The third kappa shape index (κ3) is 3.60. The number of aromatic nitrogens is 1. The van der Waals surface area contributed by atoms with Gasteiger partial charge in [-0.3, -0.25) is 0 Å². The van der Waals surface area contributed by atoms with Crippen molar-refractivity contribution in [3.63, 3.8) is 0 Å². The summed E-state index contributed by atoms with van der Waals surface area (Å²) in [4.78, 5) is 5.66. The molecule has 3 aromatic rings. The number of thiazole rings is 1. The van der Waals surface area contributed by atoms with E-state index >= 15 is 0 Å². The summed E-state index contributed by atoms with van der Waals surface area (Å²) in [5.74, 6) is 2.49. The van der Waals surface area contributed by atoms with Gasteiger partial charge in [0.25, 0.3) is 0 Å². The Morgan fingerprint density at radius 2 is 1.92 bits per heavy atom. The first kappa shape index (κ1) is 15.9. The van der Waals surface area contributed by atoms with Crippen molar-refractivity contribution in [3.8, 4) is 27.7 Å². The number of benzene rings is 2. The molecule has 0 saturated heterocycles. The number of nitrogens with one attached hydrogen (secondary N) is 1. The van der Waals surface area contributed by atoms with Gasteiger partial charge in [0.05, 0.1) is 12.0 Å². The molecule has 1 N–H and O–H groups in total.